The third-order valence-electron chi connectivity index (χ3n) is 4.76. The summed E-state index contributed by atoms with van der Waals surface area (Å²) in [6.45, 7) is 9.07. The minimum absolute atomic E-state index is 0.0681. The van der Waals surface area contributed by atoms with Crippen LogP contribution >= 0.6 is 0 Å². The highest BCUT2D eigenvalue weighted by Crippen LogP contribution is 2.23. The Balaban J connectivity index is 2.00. The zero-order valence-electron chi connectivity index (χ0n) is 16.7. The molecule has 0 spiro atoms. The molecule has 2 rings (SSSR count). The summed E-state index contributed by atoms with van der Waals surface area (Å²) >= 11 is 0. The zero-order valence-corrected chi connectivity index (χ0v) is 16.7. The first kappa shape index (κ1) is 20.7. The van der Waals surface area contributed by atoms with Gasteiger partial charge in [-0.15, -0.1) is 0 Å². The molecule has 0 saturated heterocycles. The van der Waals surface area contributed by atoms with E-state index in [9.17, 15) is 9.59 Å². The number of likely N-dealkylation sites (N-methyl/N-ethyl adjacent to an activating group) is 1. The van der Waals surface area contributed by atoms with Crippen molar-refractivity contribution in [2.75, 3.05) is 18.9 Å². The van der Waals surface area contributed by atoms with Gasteiger partial charge in [-0.2, -0.15) is 0 Å². The number of nitrogens with zero attached hydrogens (tertiary/aromatic N) is 1. The predicted molar refractivity (Wildman–Crippen MR) is 106 cm³/mol. The van der Waals surface area contributed by atoms with Gasteiger partial charge in [-0.25, -0.2) is 0 Å². The molecule has 1 heterocycles. The molecule has 0 fully saturated rings. The Morgan fingerprint density at radius 2 is 1.85 bits per heavy atom. The van der Waals surface area contributed by atoms with Gasteiger partial charge in [-0.1, -0.05) is 32.9 Å². The first-order valence-electron chi connectivity index (χ1n) is 9.08. The summed E-state index contributed by atoms with van der Waals surface area (Å²) in [5, 5.41) is 5.66. The number of anilines is 1. The largest absolute Gasteiger partial charge is 0.467 e. The molecule has 2 amide bonds. The third-order valence-corrected chi connectivity index (χ3v) is 4.76. The number of furan rings is 1. The maximum absolute atomic E-state index is 12.5. The van der Waals surface area contributed by atoms with Crippen LogP contribution in [0.5, 0.6) is 0 Å². The molecular formula is C21H29N3O3. The number of para-hydroxylation sites is 1. The summed E-state index contributed by atoms with van der Waals surface area (Å²) in [4.78, 5) is 27.0. The van der Waals surface area contributed by atoms with E-state index >= 15 is 0 Å². The lowest BCUT2D eigenvalue weighted by Crippen LogP contribution is -2.43. The van der Waals surface area contributed by atoms with Crippen LogP contribution in [0.1, 0.15) is 43.8 Å². The molecule has 146 valence electrons. The Labute approximate surface area is 160 Å². The molecule has 0 aliphatic heterocycles. The van der Waals surface area contributed by atoms with E-state index in [4.69, 9.17) is 4.42 Å². The van der Waals surface area contributed by atoms with E-state index in [0.29, 0.717) is 23.6 Å². The summed E-state index contributed by atoms with van der Waals surface area (Å²) in [6, 6.07) is 10.8. The molecule has 2 N–H and O–H groups in total. The highest BCUT2D eigenvalue weighted by molar-refractivity contribution is 6.04. The van der Waals surface area contributed by atoms with Crippen LogP contribution in [0.3, 0.4) is 0 Å². The molecule has 6 nitrogen and oxygen atoms in total. The van der Waals surface area contributed by atoms with Crippen molar-refractivity contribution in [2.45, 2.75) is 40.3 Å². The van der Waals surface area contributed by atoms with Gasteiger partial charge in [-0.3, -0.25) is 14.5 Å². The maximum atomic E-state index is 12.5. The summed E-state index contributed by atoms with van der Waals surface area (Å²) in [5.41, 5.74) is 0.985. The van der Waals surface area contributed by atoms with Crippen molar-refractivity contribution in [3.05, 3.63) is 54.0 Å². The second-order valence-corrected chi connectivity index (χ2v) is 7.81. The number of hydrogen-bond acceptors (Lipinski definition) is 4. The molecule has 0 radical (unpaired) electrons. The lowest BCUT2D eigenvalue weighted by atomic mass is 9.87. The summed E-state index contributed by atoms with van der Waals surface area (Å²) in [5.74, 6) is 0.251. The normalized spacial score (nSPS) is 12.7. The molecule has 2 aromatic rings. The number of benzene rings is 1. The Kier molecular flexibility index (Phi) is 6.80. The number of carbonyl (C=O) groups is 2. The van der Waals surface area contributed by atoms with Crippen molar-refractivity contribution in [1.29, 1.82) is 0 Å². The second-order valence-electron chi connectivity index (χ2n) is 7.81. The minimum atomic E-state index is -0.265. The van der Waals surface area contributed by atoms with E-state index in [2.05, 4.69) is 38.3 Å². The number of nitrogens with one attached hydrogen (secondary N) is 2. The fourth-order valence-electron chi connectivity index (χ4n) is 2.68. The van der Waals surface area contributed by atoms with Gasteiger partial charge >= 0.3 is 0 Å². The van der Waals surface area contributed by atoms with Gasteiger partial charge in [-0.05, 0) is 43.7 Å². The van der Waals surface area contributed by atoms with Gasteiger partial charge < -0.3 is 15.1 Å². The van der Waals surface area contributed by atoms with Crippen LogP contribution in [-0.4, -0.2) is 36.3 Å². The molecule has 1 unspecified atom stereocenters. The molecule has 27 heavy (non-hydrogen) atoms. The maximum Gasteiger partial charge on any atom is 0.253 e. The fourth-order valence-corrected chi connectivity index (χ4v) is 2.68. The lowest BCUT2D eigenvalue weighted by Gasteiger charge is -2.34. The van der Waals surface area contributed by atoms with Crippen molar-refractivity contribution in [3.8, 4) is 0 Å². The number of carbonyl (C=O) groups excluding carboxylic acids is 2. The number of amides is 2. The molecule has 6 heteroatoms. The summed E-state index contributed by atoms with van der Waals surface area (Å²) in [6.07, 6.45) is 1.56. The van der Waals surface area contributed by atoms with Gasteiger partial charge in [0.05, 0.1) is 30.6 Å². The molecule has 0 aliphatic carbocycles. The van der Waals surface area contributed by atoms with Crippen molar-refractivity contribution in [3.63, 3.8) is 0 Å². The zero-order chi connectivity index (χ0) is 20.0. The van der Waals surface area contributed by atoms with Crippen molar-refractivity contribution >= 4 is 17.5 Å². The Morgan fingerprint density at radius 1 is 1.15 bits per heavy atom. The van der Waals surface area contributed by atoms with Crippen LogP contribution in [0.4, 0.5) is 5.69 Å². The molecule has 0 aliphatic rings. The van der Waals surface area contributed by atoms with E-state index in [-0.39, 0.29) is 29.8 Å². The van der Waals surface area contributed by atoms with Gasteiger partial charge in [0.15, 0.2) is 0 Å². The number of hydrogen-bond donors (Lipinski definition) is 2. The summed E-state index contributed by atoms with van der Waals surface area (Å²) in [7, 11) is 1.93. The first-order chi connectivity index (χ1) is 12.7. The second kappa shape index (κ2) is 8.86. The Bertz CT molecular complexity index is 763. The smallest absolute Gasteiger partial charge is 0.253 e. The molecule has 1 aromatic carbocycles. The molecule has 0 bridgehead atoms. The van der Waals surface area contributed by atoms with Crippen LogP contribution in [-0.2, 0) is 11.3 Å². The van der Waals surface area contributed by atoms with Crippen LogP contribution in [0, 0.1) is 5.41 Å². The first-order valence-corrected chi connectivity index (χ1v) is 9.08. The van der Waals surface area contributed by atoms with E-state index in [0.717, 1.165) is 0 Å². The van der Waals surface area contributed by atoms with Gasteiger partial charge in [0.1, 0.15) is 5.76 Å². The van der Waals surface area contributed by atoms with Gasteiger partial charge in [0.25, 0.3) is 5.91 Å². The quantitative estimate of drug-likeness (QED) is 0.781. The average molecular weight is 371 g/mol. The SMILES string of the molecule is CC(N(C)CC(=O)Nc1ccccc1C(=O)NCc1ccco1)C(C)(C)C. The van der Waals surface area contributed by atoms with Gasteiger partial charge in [0.2, 0.25) is 5.91 Å². The minimum Gasteiger partial charge on any atom is -0.467 e. The third kappa shape index (κ3) is 5.96. The highest BCUT2D eigenvalue weighted by atomic mass is 16.3. The Hall–Kier alpha value is -2.60. The monoisotopic (exact) mass is 371 g/mol. The standard InChI is InChI=1S/C21H29N3O3/c1-15(21(2,3)4)24(5)14-19(25)23-18-11-7-6-10-17(18)20(26)22-13-16-9-8-12-27-16/h6-12,15H,13-14H2,1-5H3,(H,22,26)(H,23,25). The van der Waals surface area contributed by atoms with Crippen molar-refractivity contribution < 1.29 is 14.0 Å². The highest BCUT2D eigenvalue weighted by Gasteiger charge is 2.25. The van der Waals surface area contributed by atoms with Crippen LogP contribution in [0.2, 0.25) is 0 Å². The van der Waals surface area contributed by atoms with Crippen LogP contribution < -0.4 is 10.6 Å². The Morgan fingerprint density at radius 3 is 2.48 bits per heavy atom. The van der Waals surface area contributed by atoms with Crippen LogP contribution in [0.25, 0.3) is 0 Å². The number of rotatable bonds is 7. The van der Waals surface area contributed by atoms with E-state index in [1.54, 1.807) is 42.7 Å². The van der Waals surface area contributed by atoms with Crippen molar-refractivity contribution in [1.82, 2.24) is 10.2 Å². The molecular weight excluding hydrogens is 342 g/mol. The average Bonchev–Trinajstić information content (AvgIpc) is 3.12. The summed E-state index contributed by atoms with van der Waals surface area (Å²) < 4.78 is 5.22. The lowest BCUT2D eigenvalue weighted by molar-refractivity contribution is -0.117. The predicted octanol–water partition coefficient (Wildman–Crippen LogP) is 3.51. The van der Waals surface area contributed by atoms with E-state index in [1.807, 2.05) is 11.9 Å². The van der Waals surface area contributed by atoms with Crippen molar-refractivity contribution in [2.24, 2.45) is 5.41 Å². The topological polar surface area (TPSA) is 74.6 Å². The molecule has 0 saturated carbocycles. The molecule has 1 atom stereocenters. The molecule has 1 aromatic heterocycles. The van der Waals surface area contributed by atoms with E-state index in [1.165, 1.54) is 0 Å². The van der Waals surface area contributed by atoms with Crippen LogP contribution in [0.15, 0.2) is 47.1 Å². The van der Waals surface area contributed by atoms with Gasteiger partial charge in [0, 0.05) is 6.04 Å². The fraction of sp³-hybridized carbons (Fsp3) is 0.429. The van der Waals surface area contributed by atoms with E-state index < -0.39 is 0 Å².